The fourth-order valence-electron chi connectivity index (χ4n) is 4.92. The third-order valence-electron chi connectivity index (χ3n) is 6.33. The van der Waals surface area contributed by atoms with Gasteiger partial charge in [-0.3, -0.25) is 19.2 Å². The van der Waals surface area contributed by atoms with Gasteiger partial charge in [-0.1, -0.05) is 30.3 Å². The average molecular weight is 456 g/mol. The number of benzene rings is 2. The molecule has 3 rings (SSSR count). The van der Waals surface area contributed by atoms with Gasteiger partial charge in [0, 0.05) is 17.9 Å². The second-order valence-electron chi connectivity index (χ2n) is 7.99. The number of carbonyl (C=O) groups is 4. The Morgan fingerprint density at radius 1 is 0.879 bits per heavy atom. The van der Waals surface area contributed by atoms with Crippen molar-refractivity contribution in [3.8, 4) is 0 Å². The Morgan fingerprint density at radius 3 is 1.97 bits per heavy atom. The molecule has 2 aromatic carbocycles. The summed E-state index contributed by atoms with van der Waals surface area (Å²) in [6, 6.07) is 13.6. The molecule has 7 nitrogen and oxygen atoms in total. The molecule has 1 aliphatic rings. The monoisotopic (exact) mass is 456 g/mol. The van der Waals surface area contributed by atoms with Gasteiger partial charge in [0.2, 0.25) is 0 Å². The highest BCUT2D eigenvalue weighted by atomic mass is 19.1. The third-order valence-corrected chi connectivity index (χ3v) is 6.33. The Balaban J connectivity index is 2.14. The summed E-state index contributed by atoms with van der Waals surface area (Å²) in [7, 11) is 3.51. The minimum absolute atomic E-state index is 0.154. The Bertz CT molecular complexity index is 1020. The number of esters is 3. The Kier molecular flexibility index (Phi) is 7.26. The molecule has 8 heteroatoms. The molecule has 0 spiro atoms. The Labute approximate surface area is 190 Å². The zero-order valence-electron chi connectivity index (χ0n) is 18.6. The smallest absolute Gasteiger partial charge is 0.323 e. The minimum atomic E-state index is -1.85. The molecular formula is C25H25FO7. The zero-order chi connectivity index (χ0) is 24.2. The van der Waals surface area contributed by atoms with E-state index in [-0.39, 0.29) is 24.2 Å². The molecule has 0 unspecified atom stereocenters. The first-order valence-corrected chi connectivity index (χ1v) is 10.4. The van der Waals surface area contributed by atoms with E-state index in [2.05, 4.69) is 0 Å². The van der Waals surface area contributed by atoms with Crippen LogP contribution >= 0.6 is 0 Å². The maximum absolute atomic E-state index is 13.3. The number of ketones is 1. The summed E-state index contributed by atoms with van der Waals surface area (Å²) in [5, 5.41) is 0. The van der Waals surface area contributed by atoms with Gasteiger partial charge in [0.25, 0.3) is 0 Å². The molecule has 3 atom stereocenters. The quantitative estimate of drug-likeness (QED) is 0.273. The van der Waals surface area contributed by atoms with Gasteiger partial charge in [-0.2, -0.15) is 0 Å². The van der Waals surface area contributed by atoms with Crippen molar-refractivity contribution in [1.82, 2.24) is 0 Å². The lowest BCUT2D eigenvalue weighted by Gasteiger charge is -2.32. The van der Waals surface area contributed by atoms with Gasteiger partial charge in [0.05, 0.1) is 27.2 Å². The van der Waals surface area contributed by atoms with Crippen molar-refractivity contribution in [1.29, 1.82) is 0 Å². The second-order valence-corrected chi connectivity index (χ2v) is 7.99. The summed E-state index contributed by atoms with van der Waals surface area (Å²) < 4.78 is 28.3. The normalized spacial score (nSPS) is 21.2. The molecule has 2 aromatic rings. The predicted molar refractivity (Wildman–Crippen MR) is 115 cm³/mol. The zero-order valence-corrected chi connectivity index (χ0v) is 18.6. The molecule has 0 N–H and O–H groups in total. The molecule has 0 radical (unpaired) electrons. The summed E-state index contributed by atoms with van der Waals surface area (Å²) in [5.41, 5.74) is -1.05. The Morgan fingerprint density at radius 2 is 1.45 bits per heavy atom. The third kappa shape index (κ3) is 4.37. The van der Waals surface area contributed by atoms with Crippen molar-refractivity contribution in [2.45, 2.75) is 18.8 Å². The molecule has 0 bridgehead atoms. The summed E-state index contributed by atoms with van der Waals surface area (Å²) in [6.07, 6.45) is -0.316. The van der Waals surface area contributed by atoms with Crippen molar-refractivity contribution < 1.29 is 37.8 Å². The fraction of sp³-hybridized carbons (Fsp3) is 0.360. The molecule has 0 aliphatic heterocycles. The van der Waals surface area contributed by atoms with E-state index in [4.69, 9.17) is 14.2 Å². The maximum Gasteiger partial charge on any atom is 0.323 e. The van der Waals surface area contributed by atoms with Crippen molar-refractivity contribution in [2.75, 3.05) is 21.3 Å². The van der Waals surface area contributed by atoms with E-state index in [1.807, 2.05) is 0 Å². The first-order chi connectivity index (χ1) is 15.8. The standard InChI is InChI=1S/C25H25FO7/c1-31-22(28)20-17(13-19(27)15-9-11-18(26)12-10-15)14-25(23(29)32-2,24(30)33-3)21(20)16-7-5-4-6-8-16/h4-12,17,20-21H,13-14H2,1-3H3/t17-,20-,21+/m1/s1. The van der Waals surface area contributed by atoms with Crippen LogP contribution in [0.5, 0.6) is 0 Å². The number of hydrogen-bond donors (Lipinski definition) is 0. The predicted octanol–water partition coefficient (Wildman–Crippen LogP) is 3.32. The van der Waals surface area contributed by atoms with E-state index in [1.54, 1.807) is 30.3 Å². The minimum Gasteiger partial charge on any atom is -0.469 e. The van der Waals surface area contributed by atoms with Gasteiger partial charge in [0.1, 0.15) is 5.82 Å². The molecule has 0 aromatic heterocycles. The average Bonchev–Trinajstić information content (AvgIpc) is 3.19. The first-order valence-electron chi connectivity index (χ1n) is 10.4. The molecule has 33 heavy (non-hydrogen) atoms. The van der Waals surface area contributed by atoms with Crippen LogP contribution in [0.15, 0.2) is 54.6 Å². The van der Waals surface area contributed by atoms with Gasteiger partial charge in [-0.05, 0) is 42.2 Å². The number of halogens is 1. The lowest BCUT2D eigenvalue weighted by Crippen LogP contribution is -2.45. The van der Waals surface area contributed by atoms with Gasteiger partial charge in [-0.15, -0.1) is 0 Å². The van der Waals surface area contributed by atoms with Crippen LogP contribution in [0.3, 0.4) is 0 Å². The Hall–Kier alpha value is -3.55. The van der Waals surface area contributed by atoms with Crippen LogP contribution in [0, 0.1) is 23.1 Å². The molecule has 1 saturated carbocycles. The van der Waals surface area contributed by atoms with Crippen LogP contribution in [0.25, 0.3) is 0 Å². The highest BCUT2D eigenvalue weighted by molar-refractivity contribution is 6.03. The summed E-state index contributed by atoms with van der Waals surface area (Å²) in [5.74, 6) is -5.92. The highest BCUT2D eigenvalue weighted by Gasteiger charge is 2.66. The summed E-state index contributed by atoms with van der Waals surface area (Å²) in [6.45, 7) is 0. The van der Waals surface area contributed by atoms with E-state index >= 15 is 0 Å². The molecule has 0 saturated heterocycles. The molecule has 0 heterocycles. The number of Topliss-reactive ketones (excluding diaryl/α,β-unsaturated/α-hetero) is 1. The molecule has 0 amide bonds. The van der Waals surface area contributed by atoms with E-state index in [0.29, 0.717) is 5.56 Å². The van der Waals surface area contributed by atoms with Gasteiger partial charge in [0.15, 0.2) is 11.2 Å². The second kappa shape index (κ2) is 9.94. The van der Waals surface area contributed by atoms with Crippen molar-refractivity contribution in [3.63, 3.8) is 0 Å². The van der Waals surface area contributed by atoms with Crippen molar-refractivity contribution in [3.05, 3.63) is 71.5 Å². The summed E-state index contributed by atoms with van der Waals surface area (Å²) >= 11 is 0. The van der Waals surface area contributed by atoms with Crippen molar-refractivity contribution in [2.24, 2.45) is 17.3 Å². The van der Waals surface area contributed by atoms with E-state index in [0.717, 1.165) is 14.2 Å². The van der Waals surface area contributed by atoms with Crippen LogP contribution in [0.2, 0.25) is 0 Å². The van der Waals surface area contributed by atoms with E-state index in [1.165, 1.54) is 31.4 Å². The van der Waals surface area contributed by atoms with Gasteiger partial charge >= 0.3 is 17.9 Å². The fourth-order valence-corrected chi connectivity index (χ4v) is 4.92. The molecule has 1 fully saturated rings. The van der Waals surface area contributed by atoms with Crippen LogP contribution < -0.4 is 0 Å². The summed E-state index contributed by atoms with van der Waals surface area (Å²) in [4.78, 5) is 52.2. The molecular weight excluding hydrogens is 431 g/mol. The first kappa shape index (κ1) is 24.1. The molecule has 174 valence electrons. The highest BCUT2D eigenvalue weighted by Crippen LogP contribution is 2.58. The lowest BCUT2D eigenvalue weighted by molar-refractivity contribution is -0.170. The number of rotatable bonds is 7. The van der Waals surface area contributed by atoms with Crippen molar-refractivity contribution >= 4 is 23.7 Å². The van der Waals surface area contributed by atoms with Gasteiger partial charge in [-0.25, -0.2) is 4.39 Å². The largest absolute Gasteiger partial charge is 0.469 e. The van der Waals surface area contributed by atoms with Crippen LogP contribution in [0.4, 0.5) is 4.39 Å². The maximum atomic E-state index is 13.3. The lowest BCUT2D eigenvalue weighted by atomic mass is 9.71. The van der Waals surface area contributed by atoms with E-state index in [9.17, 15) is 23.6 Å². The van der Waals surface area contributed by atoms with Gasteiger partial charge < -0.3 is 14.2 Å². The number of ether oxygens (including phenoxy) is 3. The van der Waals surface area contributed by atoms with Crippen LogP contribution in [-0.2, 0) is 28.6 Å². The molecule has 1 aliphatic carbocycles. The van der Waals surface area contributed by atoms with Crippen LogP contribution in [0.1, 0.15) is 34.7 Å². The van der Waals surface area contributed by atoms with E-state index < -0.39 is 46.9 Å². The number of hydrogen-bond acceptors (Lipinski definition) is 7. The SMILES string of the molecule is COC(=O)[C@@H]1[C@H](CC(=O)c2ccc(F)cc2)CC(C(=O)OC)(C(=O)OC)[C@H]1c1ccccc1. The number of methoxy groups -OCH3 is 3. The van der Waals surface area contributed by atoms with Crippen LogP contribution in [-0.4, -0.2) is 45.0 Å². The number of carbonyl (C=O) groups excluding carboxylic acids is 4. The topological polar surface area (TPSA) is 96.0 Å².